The first-order valence-electron chi connectivity index (χ1n) is 3.63. The van der Waals surface area contributed by atoms with Crippen LogP contribution in [0.2, 0.25) is 0 Å². The number of aliphatic hydroxyl groups is 1. The Kier molecular flexibility index (Phi) is 5.78. The summed E-state index contributed by atoms with van der Waals surface area (Å²) in [5, 5.41) is 16.7. The van der Waals surface area contributed by atoms with Gasteiger partial charge in [0.05, 0.1) is 0 Å². The van der Waals surface area contributed by atoms with Gasteiger partial charge in [-0.05, 0) is 19.8 Å². The van der Waals surface area contributed by atoms with Crippen LogP contribution < -0.4 is 0 Å². The number of carboxylic acid groups (broad SMARTS) is 1. The lowest BCUT2D eigenvalue weighted by molar-refractivity contribution is -0.149. The third-order valence-electron chi connectivity index (χ3n) is 1.27. The van der Waals surface area contributed by atoms with E-state index in [1.807, 2.05) is 0 Å². The van der Waals surface area contributed by atoms with Crippen LogP contribution in [0.4, 0.5) is 0 Å². The van der Waals surface area contributed by atoms with Crippen molar-refractivity contribution in [2.24, 2.45) is 0 Å². The zero-order valence-corrected chi connectivity index (χ0v) is 6.62. The smallest absolute Gasteiger partial charge is 0.332 e. The lowest BCUT2D eigenvalue weighted by atomic mass is 10.3. The van der Waals surface area contributed by atoms with Crippen LogP contribution in [-0.2, 0) is 9.53 Å². The first-order valence-corrected chi connectivity index (χ1v) is 3.63. The van der Waals surface area contributed by atoms with Crippen molar-refractivity contribution >= 4 is 5.97 Å². The van der Waals surface area contributed by atoms with Gasteiger partial charge in [-0.25, -0.2) is 4.79 Å². The molecule has 1 unspecified atom stereocenters. The quantitative estimate of drug-likeness (QED) is 0.549. The molecule has 0 aromatic carbocycles. The van der Waals surface area contributed by atoms with E-state index in [0.29, 0.717) is 19.4 Å². The Labute approximate surface area is 65.8 Å². The predicted molar refractivity (Wildman–Crippen MR) is 39.4 cm³/mol. The average Bonchev–Trinajstić information content (AvgIpc) is 1.97. The summed E-state index contributed by atoms with van der Waals surface area (Å²) in [6, 6.07) is 0. The fraction of sp³-hybridized carbons (Fsp3) is 0.857. The van der Waals surface area contributed by atoms with Crippen LogP contribution in [0.25, 0.3) is 0 Å². The minimum absolute atomic E-state index is 0.130. The summed E-state index contributed by atoms with van der Waals surface area (Å²) in [5.41, 5.74) is 0. The number of rotatable bonds is 6. The molecule has 0 rings (SSSR count). The van der Waals surface area contributed by atoms with Crippen LogP contribution >= 0.6 is 0 Å². The first-order chi connectivity index (χ1) is 5.18. The monoisotopic (exact) mass is 162 g/mol. The summed E-state index contributed by atoms with van der Waals surface area (Å²) >= 11 is 0. The van der Waals surface area contributed by atoms with E-state index < -0.39 is 12.1 Å². The van der Waals surface area contributed by atoms with Gasteiger partial charge in [0.15, 0.2) is 6.10 Å². The molecule has 4 heteroatoms. The molecular formula is C7H14O4. The highest BCUT2D eigenvalue weighted by molar-refractivity contribution is 5.71. The number of ether oxygens (including phenoxy) is 1. The molecule has 0 fully saturated rings. The van der Waals surface area contributed by atoms with Crippen LogP contribution in [0.15, 0.2) is 0 Å². The molecule has 2 N–H and O–H groups in total. The fourth-order valence-electron chi connectivity index (χ4n) is 0.545. The molecule has 0 heterocycles. The van der Waals surface area contributed by atoms with E-state index in [4.69, 9.17) is 14.9 Å². The van der Waals surface area contributed by atoms with Crippen molar-refractivity contribution < 1.29 is 19.7 Å². The summed E-state index contributed by atoms with van der Waals surface area (Å²) in [6.07, 6.45) is 0.620. The average molecular weight is 162 g/mol. The first kappa shape index (κ1) is 10.4. The summed E-state index contributed by atoms with van der Waals surface area (Å²) in [5.74, 6) is -0.950. The number of aliphatic carboxylic acids is 1. The maximum Gasteiger partial charge on any atom is 0.332 e. The van der Waals surface area contributed by atoms with E-state index in [2.05, 4.69) is 0 Å². The molecule has 0 aromatic heterocycles. The van der Waals surface area contributed by atoms with Gasteiger partial charge in [0.25, 0.3) is 0 Å². The molecule has 0 aliphatic carbocycles. The molecule has 0 aliphatic rings. The number of hydrogen-bond acceptors (Lipinski definition) is 3. The number of carboxylic acids is 1. The number of unbranched alkanes of at least 4 members (excludes halogenated alkanes) is 1. The molecule has 1 atom stereocenters. The summed E-state index contributed by atoms with van der Waals surface area (Å²) in [4.78, 5) is 10.2. The SMILES string of the molecule is CC(OCCCCO)C(=O)O. The second kappa shape index (κ2) is 6.12. The lowest BCUT2D eigenvalue weighted by Crippen LogP contribution is -2.20. The third-order valence-corrected chi connectivity index (χ3v) is 1.27. The van der Waals surface area contributed by atoms with Crippen molar-refractivity contribution in [3.63, 3.8) is 0 Å². The van der Waals surface area contributed by atoms with Crippen LogP contribution in [-0.4, -0.2) is 35.5 Å². The second-order valence-corrected chi connectivity index (χ2v) is 2.28. The lowest BCUT2D eigenvalue weighted by Gasteiger charge is -2.06. The Balaban J connectivity index is 3.17. The normalized spacial score (nSPS) is 12.9. The topological polar surface area (TPSA) is 66.8 Å². The predicted octanol–water partition coefficient (Wildman–Crippen LogP) is 0.249. The molecule has 0 saturated carbocycles. The van der Waals surface area contributed by atoms with Crippen LogP contribution in [0.3, 0.4) is 0 Å². The van der Waals surface area contributed by atoms with E-state index in [1.165, 1.54) is 6.92 Å². The Bertz CT molecular complexity index is 113. The maximum absolute atomic E-state index is 10.2. The molecule has 0 aromatic rings. The maximum atomic E-state index is 10.2. The number of carbonyl (C=O) groups is 1. The van der Waals surface area contributed by atoms with Gasteiger partial charge in [-0.1, -0.05) is 0 Å². The Morgan fingerprint density at radius 3 is 2.64 bits per heavy atom. The fourth-order valence-corrected chi connectivity index (χ4v) is 0.545. The van der Waals surface area contributed by atoms with E-state index in [0.717, 1.165) is 0 Å². The molecule has 0 aliphatic heterocycles. The molecule has 0 amide bonds. The largest absolute Gasteiger partial charge is 0.479 e. The molecule has 0 radical (unpaired) electrons. The summed E-state index contributed by atoms with van der Waals surface area (Å²) in [7, 11) is 0. The van der Waals surface area contributed by atoms with E-state index in [9.17, 15) is 4.79 Å². The Morgan fingerprint density at radius 1 is 1.55 bits per heavy atom. The molecular weight excluding hydrogens is 148 g/mol. The van der Waals surface area contributed by atoms with E-state index in [1.54, 1.807) is 0 Å². The van der Waals surface area contributed by atoms with Crippen molar-refractivity contribution in [3.8, 4) is 0 Å². The van der Waals surface area contributed by atoms with Crippen LogP contribution in [0.5, 0.6) is 0 Å². The van der Waals surface area contributed by atoms with Crippen LogP contribution in [0, 0.1) is 0 Å². The van der Waals surface area contributed by atoms with Gasteiger partial charge in [-0.2, -0.15) is 0 Å². The van der Waals surface area contributed by atoms with Gasteiger partial charge < -0.3 is 14.9 Å². The van der Waals surface area contributed by atoms with Gasteiger partial charge in [0, 0.05) is 13.2 Å². The molecule has 11 heavy (non-hydrogen) atoms. The molecule has 4 nitrogen and oxygen atoms in total. The van der Waals surface area contributed by atoms with Gasteiger partial charge in [0.1, 0.15) is 0 Å². The number of hydrogen-bond donors (Lipinski definition) is 2. The highest BCUT2D eigenvalue weighted by Crippen LogP contribution is 1.94. The van der Waals surface area contributed by atoms with Gasteiger partial charge in [-0.3, -0.25) is 0 Å². The Hall–Kier alpha value is -0.610. The third kappa shape index (κ3) is 5.82. The zero-order chi connectivity index (χ0) is 8.69. The van der Waals surface area contributed by atoms with E-state index >= 15 is 0 Å². The van der Waals surface area contributed by atoms with Crippen LogP contribution in [0.1, 0.15) is 19.8 Å². The Morgan fingerprint density at radius 2 is 2.18 bits per heavy atom. The molecule has 0 spiro atoms. The van der Waals surface area contributed by atoms with Gasteiger partial charge in [0.2, 0.25) is 0 Å². The van der Waals surface area contributed by atoms with E-state index in [-0.39, 0.29) is 6.61 Å². The summed E-state index contributed by atoms with van der Waals surface area (Å²) in [6.45, 7) is 2.01. The highest BCUT2D eigenvalue weighted by atomic mass is 16.5. The zero-order valence-electron chi connectivity index (χ0n) is 6.62. The second-order valence-electron chi connectivity index (χ2n) is 2.28. The molecule has 0 bridgehead atoms. The van der Waals surface area contributed by atoms with Gasteiger partial charge in [-0.15, -0.1) is 0 Å². The minimum Gasteiger partial charge on any atom is -0.479 e. The molecule has 66 valence electrons. The summed E-state index contributed by atoms with van der Waals surface area (Å²) < 4.78 is 4.89. The number of aliphatic hydroxyl groups excluding tert-OH is 1. The van der Waals surface area contributed by atoms with Crippen molar-refractivity contribution in [3.05, 3.63) is 0 Å². The van der Waals surface area contributed by atoms with Crippen molar-refractivity contribution in [1.82, 2.24) is 0 Å². The van der Waals surface area contributed by atoms with Crippen molar-refractivity contribution in [1.29, 1.82) is 0 Å². The van der Waals surface area contributed by atoms with Crippen molar-refractivity contribution in [2.45, 2.75) is 25.9 Å². The van der Waals surface area contributed by atoms with Crippen molar-refractivity contribution in [2.75, 3.05) is 13.2 Å². The standard InChI is InChI=1S/C7H14O4/c1-6(7(9)10)11-5-3-2-4-8/h6,8H,2-5H2,1H3,(H,9,10). The molecule has 0 saturated heterocycles. The van der Waals surface area contributed by atoms with Gasteiger partial charge >= 0.3 is 5.97 Å². The highest BCUT2D eigenvalue weighted by Gasteiger charge is 2.09. The minimum atomic E-state index is -0.950.